The van der Waals surface area contributed by atoms with Crippen molar-refractivity contribution in [3.05, 3.63) is 42.5 Å². The third kappa shape index (κ3) is 6.79. The average Bonchev–Trinajstić information content (AvgIpc) is 2.70. The van der Waals surface area contributed by atoms with Crippen molar-refractivity contribution in [3.8, 4) is 0 Å². The molecule has 1 N–H and O–H groups in total. The molecule has 170 valence electrons. The van der Waals surface area contributed by atoms with Crippen LogP contribution in [0.2, 0.25) is 0 Å². The lowest BCUT2D eigenvalue weighted by atomic mass is 9.99. The molecule has 0 bridgehead atoms. The summed E-state index contributed by atoms with van der Waals surface area (Å²) in [7, 11) is -2.36. The second kappa shape index (κ2) is 10.5. The van der Waals surface area contributed by atoms with Gasteiger partial charge in [0.25, 0.3) is 10.1 Å². The molecule has 31 heavy (non-hydrogen) atoms. The fraction of sp³-hybridized carbons (Fsp3) is 0.455. The largest absolute Gasteiger partial charge is 0.340 e. The zero-order chi connectivity index (χ0) is 22.6. The van der Waals surface area contributed by atoms with E-state index >= 15 is 0 Å². The van der Waals surface area contributed by atoms with Crippen LogP contribution < -0.4 is 4.90 Å². The van der Waals surface area contributed by atoms with E-state index in [1.54, 1.807) is 6.26 Å². The van der Waals surface area contributed by atoms with Crippen LogP contribution in [0.25, 0.3) is 0 Å². The van der Waals surface area contributed by atoms with Gasteiger partial charge in [0.1, 0.15) is 0 Å². The number of benzene rings is 2. The number of likely N-dealkylation sites (tertiary alicyclic amines) is 1. The SMILES string of the molecule is CN1CCCCC1CCN1c2ccccc2Sc2ccc(S(C)=O)cc21.CS(=O)(=O)O. The van der Waals surface area contributed by atoms with Crippen molar-refractivity contribution in [1.82, 2.24) is 4.90 Å². The van der Waals surface area contributed by atoms with E-state index in [4.69, 9.17) is 4.55 Å². The lowest BCUT2D eigenvalue weighted by Gasteiger charge is -2.37. The standard InChI is InChI=1S/C21H26N2OS2.CH4O3S/c1-22-13-6-5-7-16(22)12-14-23-18-8-3-4-9-20(18)25-21-11-10-17(26(2)24)15-19(21)23;1-5(2,3)4/h3-4,8-11,15-16H,5-7,12-14H2,1-2H3;1H3,(H,2,3,4). The fourth-order valence-electron chi connectivity index (χ4n) is 4.02. The summed E-state index contributed by atoms with van der Waals surface area (Å²) in [6.07, 6.45) is 7.60. The van der Waals surface area contributed by atoms with E-state index in [-0.39, 0.29) is 0 Å². The Morgan fingerprint density at radius 3 is 2.48 bits per heavy atom. The summed E-state index contributed by atoms with van der Waals surface area (Å²) in [6.45, 7) is 2.21. The Kier molecular flexibility index (Phi) is 8.20. The van der Waals surface area contributed by atoms with Crippen molar-refractivity contribution in [2.75, 3.05) is 37.5 Å². The minimum absolute atomic E-state index is 0.664. The topological polar surface area (TPSA) is 77.9 Å². The lowest BCUT2D eigenvalue weighted by molar-refractivity contribution is 0.178. The van der Waals surface area contributed by atoms with Crippen LogP contribution >= 0.6 is 11.8 Å². The van der Waals surface area contributed by atoms with Gasteiger partial charge in [-0.25, -0.2) is 0 Å². The molecular formula is C22H30N2O4S3. The molecule has 0 saturated carbocycles. The molecular weight excluding hydrogens is 452 g/mol. The molecule has 0 radical (unpaired) electrons. The molecule has 0 amide bonds. The van der Waals surface area contributed by atoms with Crippen molar-refractivity contribution in [2.24, 2.45) is 0 Å². The lowest BCUT2D eigenvalue weighted by Crippen LogP contribution is -2.38. The van der Waals surface area contributed by atoms with Gasteiger partial charge >= 0.3 is 0 Å². The number of anilines is 2. The maximum atomic E-state index is 12.0. The van der Waals surface area contributed by atoms with Crippen LogP contribution in [0.4, 0.5) is 11.4 Å². The smallest absolute Gasteiger partial charge is 0.261 e. The van der Waals surface area contributed by atoms with Crippen molar-refractivity contribution >= 4 is 44.1 Å². The summed E-state index contributed by atoms with van der Waals surface area (Å²) in [5.74, 6) is 0. The van der Waals surface area contributed by atoms with E-state index in [9.17, 15) is 12.6 Å². The number of fused-ring (bicyclic) bond motifs is 2. The van der Waals surface area contributed by atoms with E-state index in [1.807, 2.05) is 17.8 Å². The van der Waals surface area contributed by atoms with Crippen LogP contribution in [0.1, 0.15) is 25.7 Å². The third-order valence-corrected chi connectivity index (χ3v) is 7.58. The normalized spacial score (nSPS) is 19.6. The number of para-hydroxylation sites is 1. The molecule has 6 nitrogen and oxygen atoms in total. The quantitative estimate of drug-likeness (QED) is 0.647. The highest BCUT2D eigenvalue weighted by Gasteiger charge is 2.26. The van der Waals surface area contributed by atoms with Crippen LogP contribution in [-0.4, -0.2) is 60.8 Å². The maximum absolute atomic E-state index is 12.0. The van der Waals surface area contributed by atoms with Crippen LogP contribution in [0.3, 0.4) is 0 Å². The van der Waals surface area contributed by atoms with Crippen molar-refractivity contribution in [1.29, 1.82) is 0 Å². The van der Waals surface area contributed by atoms with Gasteiger partial charge in [-0.05, 0) is 63.2 Å². The first-order valence-electron chi connectivity index (χ1n) is 10.3. The van der Waals surface area contributed by atoms with Gasteiger partial charge in [0.05, 0.1) is 17.6 Å². The zero-order valence-corrected chi connectivity index (χ0v) is 20.6. The molecule has 1 saturated heterocycles. The second-order valence-electron chi connectivity index (χ2n) is 7.96. The molecule has 2 aliphatic rings. The summed E-state index contributed by atoms with van der Waals surface area (Å²) in [6, 6.07) is 15.6. The third-order valence-electron chi connectivity index (χ3n) is 5.54. The van der Waals surface area contributed by atoms with Gasteiger partial charge in [-0.15, -0.1) is 0 Å². The summed E-state index contributed by atoms with van der Waals surface area (Å²) in [5, 5.41) is 0. The second-order valence-corrected chi connectivity index (χ2v) is 11.9. The molecule has 2 aliphatic heterocycles. The molecule has 9 heteroatoms. The first kappa shape index (κ1) is 24.3. The molecule has 0 spiro atoms. The van der Waals surface area contributed by atoms with Crippen LogP contribution in [0.5, 0.6) is 0 Å². The Hall–Kier alpha value is -1.39. The van der Waals surface area contributed by atoms with Crippen LogP contribution in [-0.2, 0) is 20.9 Å². The predicted molar refractivity (Wildman–Crippen MR) is 129 cm³/mol. The van der Waals surface area contributed by atoms with E-state index < -0.39 is 20.9 Å². The minimum atomic E-state index is -3.67. The molecule has 1 fully saturated rings. The van der Waals surface area contributed by atoms with Gasteiger partial charge in [0.2, 0.25) is 0 Å². The highest BCUT2D eigenvalue weighted by atomic mass is 32.2. The Balaban J connectivity index is 0.000000491. The molecule has 0 aromatic heterocycles. The molecule has 2 aromatic carbocycles. The predicted octanol–water partition coefficient (Wildman–Crippen LogP) is 4.41. The van der Waals surface area contributed by atoms with E-state index in [0.29, 0.717) is 12.3 Å². The number of rotatable bonds is 4. The summed E-state index contributed by atoms with van der Waals surface area (Å²) >= 11 is 1.82. The maximum Gasteiger partial charge on any atom is 0.261 e. The molecule has 4 rings (SSSR count). The Morgan fingerprint density at radius 2 is 1.81 bits per heavy atom. The van der Waals surface area contributed by atoms with E-state index in [1.165, 1.54) is 47.0 Å². The summed E-state index contributed by atoms with van der Waals surface area (Å²) in [4.78, 5) is 8.44. The number of piperidine rings is 1. The summed E-state index contributed by atoms with van der Waals surface area (Å²) < 4.78 is 37.9. The Morgan fingerprint density at radius 1 is 1.13 bits per heavy atom. The van der Waals surface area contributed by atoms with Gasteiger partial charge in [-0.1, -0.05) is 30.3 Å². The number of hydrogen-bond acceptors (Lipinski definition) is 6. The molecule has 0 aliphatic carbocycles. The van der Waals surface area contributed by atoms with Crippen LogP contribution in [0.15, 0.2) is 57.2 Å². The highest BCUT2D eigenvalue weighted by Crippen LogP contribution is 2.48. The highest BCUT2D eigenvalue weighted by molar-refractivity contribution is 7.99. The number of hydrogen-bond donors (Lipinski definition) is 1. The first-order chi connectivity index (χ1) is 14.6. The molecule has 2 aromatic rings. The average molecular weight is 483 g/mol. The Labute approximate surface area is 192 Å². The summed E-state index contributed by atoms with van der Waals surface area (Å²) in [5.41, 5.74) is 2.49. The molecule has 2 heterocycles. The van der Waals surface area contributed by atoms with Gasteiger partial charge in [0.15, 0.2) is 0 Å². The molecule has 2 unspecified atom stereocenters. The Bertz CT molecular complexity index is 1030. The molecule has 2 atom stereocenters. The monoisotopic (exact) mass is 482 g/mol. The van der Waals surface area contributed by atoms with E-state index in [2.05, 4.69) is 53.2 Å². The minimum Gasteiger partial charge on any atom is -0.340 e. The van der Waals surface area contributed by atoms with Crippen molar-refractivity contribution in [2.45, 2.75) is 46.4 Å². The van der Waals surface area contributed by atoms with Crippen LogP contribution in [0, 0.1) is 0 Å². The van der Waals surface area contributed by atoms with Crippen molar-refractivity contribution < 1.29 is 17.2 Å². The van der Waals surface area contributed by atoms with Gasteiger partial charge in [0, 0.05) is 44.3 Å². The van der Waals surface area contributed by atoms with Gasteiger partial charge in [-0.3, -0.25) is 8.76 Å². The first-order valence-corrected chi connectivity index (χ1v) is 14.5. The van der Waals surface area contributed by atoms with Gasteiger partial charge < -0.3 is 9.80 Å². The van der Waals surface area contributed by atoms with E-state index in [0.717, 1.165) is 17.9 Å². The van der Waals surface area contributed by atoms with Crippen molar-refractivity contribution in [3.63, 3.8) is 0 Å². The van der Waals surface area contributed by atoms with Gasteiger partial charge in [-0.2, -0.15) is 8.42 Å². The fourth-order valence-corrected chi connectivity index (χ4v) is 5.63. The number of nitrogens with zero attached hydrogens (tertiary/aromatic N) is 2. The zero-order valence-electron chi connectivity index (χ0n) is 18.2.